The molecule has 0 aromatic heterocycles. The Labute approximate surface area is 109 Å². The van der Waals surface area contributed by atoms with Crippen molar-refractivity contribution in [1.82, 2.24) is 4.90 Å². The predicted octanol–water partition coefficient (Wildman–Crippen LogP) is 1.60. The summed E-state index contributed by atoms with van der Waals surface area (Å²) in [4.78, 5) is 24.9. The fourth-order valence-corrected chi connectivity index (χ4v) is 1.78. The van der Waals surface area contributed by atoms with Gasteiger partial charge in [0.1, 0.15) is 0 Å². The Hall–Kier alpha value is -1.10. The summed E-state index contributed by atoms with van der Waals surface area (Å²) in [6.07, 6.45) is 0.283. The molecule has 0 N–H and O–H groups in total. The van der Waals surface area contributed by atoms with Gasteiger partial charge >= 0.3 is 11.9 Å². The molecule has 0 saturated carbocycles. The molecule has 0 saturated heterocycles. The number of ether oxygens (including phenoxy) is 2. The van der Waals surface area contributed by atoms with Crippen LogP contribution in [-0.2, 0) is 19.1 Å². The second-order valence-corrected chi connectivity index (χ2v) is 4.43. The van der Waals surface area contributed by atoms with Crippen LogP contribution in [0, 0.1) is 0 Å². The van der Waals surface area contributed by atoms with Crippen molar-refractivity contribution in [2.45, 2.75) is 53.1 Å². The maximum Gasteiger partial charge on any atom is 0.320 e. The molecular formula is C13H25NO4. The van der Waals surface area contributed by atoms with Crippen LogP contribution in [0.3, 0.4) is 0 Å². The van der Waals surface area contributed by atoms with Crippen LogP contribution in [0.5, 0.6) is 0 Å². The van der Waals surface area contributed by atoms with Crippen molar-refractivity contribution in [3.05, 3.63) is 0 Å². The first kappa shape index (κ1) is 16.9. The molecule has 0 aromatic rings. The van der Waals surface area contributed by atoms with E-state index < -0.39 is 0 Å². The van der Waals surface area contributed by atoms with Gasteiger partial charge in [-0.1, -0.05) is 0 Å². The van der Waals surface area contributed by atoms with Crippen LogP contribution in [0.25, 0.3) is 0 Å². The van der Waals surface area contributed by atoms with Crippen LogP contribution < -0.4 is 0 Å². The lowest BCUT2D eigenvalue weighted by molar-refractivity contribution is -0.149. The summed E-state index contributed by atoms with van der Waals surface area (Å²) < 4.78 is 9.84. The smallest absolute Gasteiger partial charge is 0.320 e. The maximum absolute atomic E-state index is 11.5. The molecule has 0 aromatic carbocycles. The van der Waals surface area contributed by atoms with E-state index >= 15 is 0 Å². The van der Waals surface area contributed by atoms with Crippen molar-refractivity contribution >= 4 is 11.9 Å². The highest BCUT2D eigenvalue weighted by molar-refractivity contribution is 5.72. The monoisotopic (exact) mass is 259 g/mol. The molecule has 5 heteroatoms. The highest BCUT2D eigenvalue weighted by Crippen LogP contribution is 2.10. The van der Waals surface area contributed by atoms with Gasteiger partial charge in [-0.3, -0.25) is 14.5 Å². The summed E-state index contributed by atoms with van der Waals surface area (Å²) in [6, 6.07) is 0.118. The van der Waals surface area contributed by atoms with E-state index in [0.29, 0.717) is 13.2 Å². The Morgan fingerprint density at radius 3 is 1.94 bits per heavy atom. The number of hydrogen-bond acceptors (Lipinski definition) is 5. The molecule has 1 atom stereocenters. The number of nitrogens with zero attached hydrogens (tertiary/aromatic N) is 1. The van der Waals surface area contributed by atoms with Gasteiger partial charge in [0, 0.05) is 12.1 Å². The first-order valence-electron chi connectivity index (χ1n) is 6.49. The Bertz CT molecular complexity index is 266. The molecule has 0 aliphatic rings. The van der Waals surface area contributed by atoms with E-state index in [4.69, 9.17) is 9.47 Å². The summed E-state index contributed by atoms with van der Waals surface area (Å²) in [7, 11) is 0. The molecular weight excluding hydrogens is 234 g/mol. The molecule has 0 rings (SSSR count). The minimum Gasteiger partial charge on any atom is -0.466 e. The summed E-state index contributed by atoms with van der Waals surface area (Å²) in [5, 5.41) is 0. The van der Waals surface area contributed by atoms with Crippen molar-refractivity contribution in [2.75, 3.05) is 19.8 Å². The third-order valence-corrected chi connectivity index (χ3v) is 2.61. The van der Waals surface area contributed by atoms with Crippen molar-refractivity contribution < 1.29 is 19.1 Å². The average molecular weight is 259 g/mol. The number of esters is 2. The van der Waals surface area contributed by atoms with Crippen LogP contribution in [0.1, 0.15) is 41.0 Å². The SMILES string of the molecule is CCOC(=O)CC(C)N(CC(=O)OCC)C(C)C. The molecule has 1 unspecified atom stereocenters. The number of hydrogen-bond donors (Lipinski definition) is 0. The molecule has 0 amide bonds. The Morgan fingerprint density at radius 1 is 1.00 bits per heavy atom. The zero-order valence-corrected chi connectivity index (χ0v) is 12.1. The standard InChI is InChI=1S/C13H25NO4/c1-6-17-12(15)8-11(5)14(10(3)4)9-13(16)18-7-2/h10-11H,6-9H2,1-5H3. The van der Waals surface area contributed by atoms with Crippen LogP contribution in [0.15, 0.2) is 0 Å². The highest BCUT2D eigenvalue weighted by Gasteiger charge is 2.23. The van der Waals surface area contributed by atoms with Crippen molar-refractivity contribution in [3.8, 4) is 0 Å². The molecule has 5 nitrogen and oxygen atoms in total. The predicted molar refractivity (Wildman–Crippen MR) is 69.2 cm³/mol. The van der Waals surface area contributed by atoms with Crippen LogP contribution in [0.2, 0.25) is 0 Å². The number of rotatable bonds is 8. The fraction of sp³-hybridized carbons (Fsp3) is 0.846. The first-order chi connectivity index (χ1) is 8.42. The largest absolute Gasteiger partial charge is 0.466 e. The maximum atomic E-state index is 11.5. The lowest BCUT2D eigenvalue weighted by Crippen LogP contribution is -2.43. The van der Waals surface area contributed by atoms with E-state index in [1.807, 2.05) is 25.7 Å². The summed E-state index contributed by atoms with van der Waals surface area (Å²) >= 11 is 0. The van der Waals surface area contributed by atoms with E-state index in [0.717, 1.165) is 0 Å². The van der Waals surface area contributed by atoms with Gasteiger partial charge in [0.05, 0.1) is 26.2 Å². The topological polar surface area (TPSA) is 55.8 Å². The van der Waals surface area contributed by atoms with E-state index in [-0.39, 0.29) is 37.0 Å². The lowest BCUT2D eigenvalue weighted by atomic mass is 10.1. The summed E-state index contributed by atoms with van der Waals surface area (Å²) in [5.74, 6) is -0.499. The average Bonchev–Trinajstić information content (AvgIpc) is 2.25. The zero-order chi connectivity index (χ0) is 14.1. The lowest BCUT2D eigenvalue weighted by Gasteiger charge is -2.31. The molecule has 0 radical (unpaired) electrons. The van der Waals surface area contributed by atoms with Crippen molar-refractivity contribution in [1.29, 1.82) is 0 Å². The molecule has 0 heterocycles. The van der Waals surface area contributed by atoms with E-state index in [1.165, 1.54) is 0 Å². The van der Waals surface area contributed by atoms with E-state index in [1.54, 1.807) is 13.8 Å². The second kappa shape index (κ2) is 8.91. The van der Waals surface area contributed by atoms with E-state index in [2.05, 4.69) is 0 Å². The van der Waals surface area contributed by atoms with Crippen LogP contribution in [-0.4, -0.2) is 48.7 Å². The Balaban J connectivity index is 4.40. The molecule has 0 bridgehead atoms. The number of carbonyl (C=O) groups is 2. The minimum absolute atomic E-state index is 0.0477. The third kappa shape index (κ3) is 6.59. The Kier molecular flexibility index (Phi) is 8.37. The van der Waals surface area contributed by atoms with Gasteiger partial charge in [0.2, 0.25) is 0 Å². The summed E-state index contributed by atoms with van der Waals surface area (Å²) in [6.45, 7) is 10.4. The van der Waals surface area contributed by atoms with Gasteiger partial charge < -0.3 is 9.47 Å². The van der Waals surface area contributed by atoms with Gasteiger partial charge in [0.25, 0.3) is 0 Å². The highest BCUT2D eigenvalue weighted by atomic mass is 16.5. The quantitative estimate of drug-likeness (QED) is 0.620. The third-order valence-electron chi connectivity index (χ3n) is 2.61. The molecule has 0 spiro atoms. The molecule has 18 heavy (non-hydrogen) atoms. The molecule has 0 aliphatic heterocycles. The molecule has 0 aliphatic carbocycles. The number of carbonyl (C=O) groups excluding carboxylic acids is 2. The van der Waals surface area contributed by atoms with Gasteiger partial charge in [-0.2, -0.15) is 0 Å². The fourth-order valence-electron chi connectivity index (χ4n) is 1.78. The Morgan fingerprint density at radius 2 is 1.50 bits per heavy atom. The van der Waals surface area contributed by atoms with Gasteiger partial charge in [0.15, 0.2) is 0 Å². The normalized spacial score (nSPS) is 12.6. The van der Waals surface area contributed by atoms with Crippen molar-refractivity contribution in [3.63, 3.8) is 0 Å². The van der Waals surface area contributed by atoms with Gasteiger partial charge in [-0.05, 0) is 34.6 Å². The zero-order valence-electron chi connectivity index (χ0n) is 12.1. The summed E-state index contributed by atoms with van der Waals surface area (Å²) in [5.41, 5.74) is 0. The van der Waals surface area contributed by atoms with Gasteiger partial charge in [-0.15, -0.1) is 0 Å². The van der Waals surface area contributed by atoms with Crippen LogP contribution >= 0.6 is 0 Å². The molecule has 0 fully saturated rings. The minimum atomic E-state index is -0.262. The first-order valence-corrected chi connectivity index (χ1v) is 6.49. The van der Waals surface area contributed by atoms with Crippen LogP contribution in [0.4, 0.5) is 0 Å². The molecule has 106 valence electrons. The van der Waals surface area contributed by atoms with E-state index in [9.17, 15) is 9.59 Å². The van der Waals surface area contributed by atoms with Crippen molar-refractivity contribution in [2.24, 2.45) is 0 Å². The van der Waals surface area contributed by atoms with Gasteiger partial charge in [-0.25, -0.2) is 0 Å². The second-order valence-electron chi connectivity index (χ2n) is 4.43.